The van der Waals surface area contributed by atoms with Crippen molar-refractivity contribution in [3.8, 4) is 0 Å². The monoisotopic (exact) mass is 676 g/mol. The van der Waals surface area contributed by atoms with E-state index in [1.54, 1.807) is 0 Å². The van der Waals surface area contributed by atoms with Crippen molar-refractivity contribution in [2.45, 2.75) is 12.8 Å². The summed E-state index contributed by atoms with van der Waals surface area (Å²) in [6, 6.07) is 0. The van der Waals surface area contributed by atoms with Crippen molar-refractivity contribution in [3.05, 3.63) is 25.3 Å². The maximum absolute atomic E-state index is 9.28. The fraction of sp³-hybridized carbons (Fsp3) is 0.125. The van der Waals surface area contributed by atoms with E-state index in [0.29, 0.717) is 34.0 Å². The van der Waals surface area contributed by atoms with Crippen LogP contribution in [0.25, 0.3) is 22.3 Å². The van der Waals surface area contributed by atoms with E-state index in [1.165, 1.54) is 25.3 Å². The maximum atomic E-state index is 9.28. The van der Waals surface area contributed by atoms with E-state index in [-0.39, 0.29) is 60.9 Å². The van der Waals surface area contributed by atoms with Crippen molar-refractivity contribution in [2.75, 3.05) is 11.5 Å². The van der Waals surface area contributed by atoms with Gasteiger partial charge in [0.25, 0.3) is 0 Å². The second-order valence-corrected chi connectivity index (χ2v) is 5.56. The van der Waals surface area contributed by atoms with Gasteiger partial charge in [0.05, 0.1) is 12.7 Å². The molecule has 0 aromatic carbocycles. The standard InChI is InChI=1S/2C5H5N5.2C3H4O4.4H2O.2Zn/c2*6-4-3-5(9-1-7-3)10-2-8-4;2*4-2(5)1-3(6)7;;;;;;/h2*1-2H,(H3,6,7,8,9,10);2*1H2,(H,4,5)(H,6,7);4*1H2;;/q;;;;;;;;2*+2/p-2. The summed E-state index contributed by atoms with van der Waals surface area (Å²) in [5.74, 6) is -5.63. The number of fused-ring (bicyclic) bond motifs is 2. The fourth-order valence-electron chi connectivity index (χ4n) is 1.80. The van der Waals surface area contributed by atoms with Gasteiger partial charge in [0.1, 0.15) is 23.7 Å². The van der Waals surface area contributed by atoms with Crippen LogP contribution in [0.1, 0.15) is 12.8 Å². The molecular weight excluding hydrogens is 655 g/mol. The summed E-state index contributed by atoms with van der Waals surface area (Å²) in [4.78, 5) is 65.8. The van der Waals surface area contributed by atoms with Crippen LogP contribution in [-0.4, -0.2) is 74.7 Å². The predicted octanol–water partition coefficient (Wildman–Crippen LogP) is -9.88. The Hall–Kier alpha value is -4.33. The van der Waals surface area contributed by atoms with Crippen LogP contribution in [0.3, 0.4) is 0 Å². The molecule has 0 saturated heterocycles. The topological polar surface area (TPSA) is 450 Å². The first-order valence-corrected chi connectivity index (χ1v) is 8.59. The Bertz CT molecular complexity index is 1170. The number of carbonyl (C=O) groups excluding carboxylic acids is 4. The molecule has 16 N–H and O–H groups in total. The number of rotatable bonds is 4. The SMILES string of the molecule is Nc1ncnc2nc[nH]c12.Nc1ncnc2nc[nH]c12.O.O.O=C([O-])CC(=O)[O-].O=C([O-])CC(=O)[O-].[OH3+].[OH3+].[Zn+2].[Zn+2]. The molecule has 0 saturated carbocycles. The summed E-state index contributed by atoms with van der Waals surface area (Å²) >= 11 is 0. The third-order valence-electron chi connectivity index (χ3n) is 3.08. The van der Waals surface area contributed by atoms with E-state index < -0.39 is 36.7 Å². The van der Waals surface area contributed by atoms with E-state index >= 15 is 0 Å². The van der Waals surface area contributed by atoms with Crippen LogP contribution < -0.4 is 31.9 Å². The van der Waals surface area contributed by atoms with Gasteiger partial charge in [-0.05, 0) is 0 Å². The Balaban J connectivity index is -0.0000000932. The number of nitrogens with zero attached hydrogens (tertiary/aromatic N) is 6. The molecule has 4 aromatic heterocycles. The van der Waals surface area contributed by atoms with E-state index in [2.05, 4.69) is 39.9 Å². The van der Waals surface area contributed by atoms with Crippen LogP contribution in [0, 0.1) is 0 Å². The second kappa shape index (κ2) is 25.0. The molecule has 24 heteroatoms. The molecule has 4 rings (SSSR count). The van der Waals surface area contributed by atoms with Crippen LogP contribution in [0.5, 0.6) is 0 Å². The number of hydrogen-bond acceptors (Lipinski definition) is 16. The zero-order chi connectivity index (χ0) is 25.7. The number of imidazole rings is 2. The third-order valence-corrected chi connectivity index (χ3v) is 3.08. The normalized spacial score (nSPS) is 8.00. The number of nitrogens with two attached hydrogens (primary N) is 2. The zero-order valence-electron chi connectivity index (χ0n) is 20.4. The third kappa shape index (κ3) is 18.8. The van der Waals surface area contributed by atoms with Gasteiger partial charge in [-0.15, -0.1) is 0 Å². The molecule has 0 amide bonds. The van der Waals surface area contributed by atoms with Gasteiger partial charge in [0, 0.05) is 36.7 Å². The Kier molecular flexibility index (Phi) is 30.4. The molecule has 0 aliphatic carbocycles. The Labute approximate surface area is 247 Å². The van der Waals surface area contributed by atoms with E-state index in [4.69, 9.17) is 11.5 Å². The summed E-state index contributed by atoms with van der Waals surface area (Å²) in [5, 5.41) is 37.1. The van der Waals surface area contributed by atoms with E-state index in [9.17, 15) is 39.6 Å². The minimum absolute atomic E-state index is 0. The molecule has 0 unspecified atom stereocenters. The molecule has 0 bridgehead atoms. The number of carboxylic acids is 4. The van der Waals surface area contributed by atoms with Crippen molar-refractivity contribution in [2.24, 2.45) is 0 Å². The minimum Gasteiger partial charge on any atom is -0.550 e. The largest absolute Gasteiger partial charge is 2.00 e. The molecule has 4 heterocycles. The molecule has 0 aliphatic heterocycles. The van der Waals surface area contributed by atoms with Gasteiger partial charge in [0.15, 0.2) is 22.9 Å². The van der Waals surface area contributed by atoms with Crippen molar-refractivity contribution >= 4 is 57.8 Å². The van der Waals surface area contributed by atoms with Gasteiger partial charge in [-0.1, -0.05) is 0 Å². The first kappa shape index (κ1) is 48.7. The Morgan fingerprint density at radius 2 is 0.875 bits per heavy atom. The van der Waals surface area contributed by atoms with E-state index in [0.717, 1.165) is 0 Å². The first-order valence-electron chi connectivity index (χ1n) is 8.59. The van der Waals surface area contributed by atoms with E-state index in [1.807, 2.05) is 0 Å². The average Bonchev–Trinajstić information content (AvgIpc) is 3.38. The molecule has 4 aromatic rings. The molecule has 212 valence electrons. The van der Waals surface area contributed by atoms with Crippen LogP contribution >= 0.6 is 0 Å². The van der Waals surface area contributed by atoms with Crippen molar-refractivity contribution in [1.29, 1.82) is 0 Å². The number of aromatic nitrogens is 8. The molecule has 0 spiro atoms. The first-order chi connectivity index (χ1) is 16.0. The minimum atomic E-state index is -1.63. The van der Waals surface area contributed by atoms with Gasteiger partial charge in [0.2, 0.25) is 0 Å². The summed E-state index contributed by atoms with van der Waals surface area (Å²) in [5.41, 5.74) is 13.6. The summed E-state index contributed by atoms with van der Waals surface area (Å²) in [6.07, 6.45) is 3.79. The quantitative estimate of drug-likeness (QED) is 0.0883. The number of carboxylic acid groups (broad SMARTS) is 4. The van der Waals surface area contributed by atoms with Crippen molar-refractivity contribution < 1.29 is 100 Å². The number of nitrogens with one attached hydrogen (secondary N) is 2. The number of nitrogen functional groups attached to an aromatic ring is 2. The number of anilines is 2. The number of carbonyl (C=O) groups is 4. The summed E-state index contributed by atoms with van der Waals surface area (Å²) in [6.45, 7) is 0. The van der Waals surface area contributed by atoms with Gasteiger partial charge in [-0.3, -0.25) is 0 Å². The summed E-state index contributed by atoms with van der Waals surface area (Å²) in [7, 11) is 0. The van der Waals surface area contributed by atoms with Crippen molar-refractivity contribution in [1.82, 2.24) is 39.9 Å². The average molecular weight is 679 g/mol. The van der Waals surface area contributed by atoms with Gasteiger partial charge < -0.3 is 82.9 Å². The van der Waals surface area contributed by atoms with Crippen LogP contribution in [0.4, 0.5) is 11.6 Å². The molecular formula is C16H24N10O12Zn2+2. The molecule has 40 heavy (non-hydrogen) atoms. The van der Waals surface area contributed by atoms with Gasteiger partial charge in [-0.2, -0.15) is 0 Å². The maximum Gasteiger partial charge on any atom is 2.00 e. The Morgan fingerprint density at radius 3 is 1.07 bits per heavy atom. The number of aliphatic carboxylic acids is 4. The van der Waals surface area contributed by atoms with Crippen LogP contribution in [0.2, 0.25) is 0 Å². The zero-order valence-corrected chi connectivity index (χ0v) is 26.3. The molecule has 0 fully saturated rings. The van der Waals surface area contributed by atoms with Crippen LogP contribution in [-0.2, 0) is 69.1 Å². The number of hydrogen-bond donors (Lipinski definition) is 4. The Morgan fingerprint density at radius 1 is 0.600 bits per heavy atom. The number of H-pyrrole nitrogens is 2. The molecule has 0 atom stereocenters. The van der Waals surface area contributed by atoms with Gasteiger partial charge >= 0.3 is 39.0 Å². The fourth-order valence-corrected chi connectivity index (χ4v) is 1.80. The van der Waals surface area contributed by atoms with Crippen molar-refractivity contribution in [3.63, 3.8) is 0 Å². The number of aromatic amines is 2. The predicted molar refractivity (Wildman–Crippen MR) is 118 cm³/mol. The molecule has 22 nitrogen and oxygen atoms in total. The van der Waals surface area contributed by atoms with Crippen LogP contribution in [0.15, 0.2) is 25.3 Å². The smallest absolute Gasteiger partial charge is 0.550 e. The molecule has 0 radical (unpaired) electrons. The van der Waals surface area contributed by atoms with Gasteiger partial charge in [-0.25, -0.2) is 29.9 Å². The second-order valence-electron chi connectivity index (χ2n) is 5.56. The molecule has 0 aliphatic rings. The summed E-state index contributed by atoms with van der Waals surface area (Å²) < 4.78 is 0.